The zero-order valence-corrected chi connectivity index (χ0v) is 11.9. The van der Waals surface area contributed by atoms with E-state index in [1.165, 1.54) is 0 Å². The summed E-state index contributed by atoms with van der Waals surface area (Å²) in [6, 6.07) is 1.76. The van der Waals surface area contributed by atoms with Gasteiger partial charge in [-0.25, -0.2) is 8.78 Å². The predicted molar refractivity (Wildman–Crippen MR) is 69.7 cm³/mol. The molecule has 1 aromatic rings. The Morgan fingerprint density at radius 3 is 2.58 bits per heavy atom. The Morgan fingerprint density at radius 1 is 1.47 bits per heavy atom. The van der Waals surface area contributed by atoms with Gasteiger partial charge in [0.2, 0.25) is 0 Å². The molecule has 2 rings (SSSR count). The van der Waals surface area contributed by atoms with E-state index < -0.39 is 23.1 Å². The number of carbonyl (C=O) groups is 1. The van der Waals surface area contributed by atoms with Crippen LogP contribution in [-0.4, -0.2) is 23.2 Å². The fourth-order valence-electron chi connectivity index (χ4n) is 2.01. The van der Waals surface area contributed by atoms with Gasteiger partial charge in [0.25, 0.3) is 5.91 Å². The largest absolute Gasteiger partial charge is 0.394 e. The highest BCUT2D eigenvalue weighted by Gasteiger charge is 2.42. The topological polar surface area (TPSA) is 49.3 Å². The van der Waals surface area contributed by atoms with Gasteiger partial charge in [0.1, 0.15) is 0 Å². The average Bonchev–Trinajstić information content (AvgIpc) is 3.17. The maximum absolute atomic E-state index is 13.2. The van der Waals surface area contributed by atoms with E-state index in [2.05, 4.69) is 21.2 Å². The minimum Gasteiger partial charge on any atom is -0.394 e. The molecule has 6 heteroatoms. The van der Waals surface area contributed by atoms with E-state index in [0.29, 0.717) is 0 Å². The third-order valence-electron chi connectivity index (χ3n) is 3.46. The molecule has 3 nitrogen and oxygen atoms in total. The molecule has 1 amide bonds. The van der Waals surface area contributed by atoms with E-state index >= 15 is 0 Å². The van der Waals surface area contributed by atoms with Gasteiger partial charge in [-0.05, 0) is 53.7 Å². The molecule has 0 aromatic heterocycles. The smallest absolute Gasteiger partial charge is 0.253 e. The molecule has 1 unspecified atom stereocenters. The van der Waals surface area contributed by atoms with Crippen LogP contribution in [0.2, 0.25) is 0 Å². The lowest BCUT2D eigenvalue weighted by Gasteiger charge is -2.29. The number of halogens is 3. The van der Waals surface area contributed by atoms with E-state index in [0.717, 1.165) is 25.0 Å². The van der Waals surface area contributed by atoms with Gasteiger partial charge in [-0.15, -0.1) is 0 Å². The normalized spacial score (nSPS) is 17.9. The molecule has 1 saturated carbocycles. The third-order valence-corrected chi connectivity index (χ3v) is 4.12. The molecule has 19 heavy (non-hydrogen) atoms. The standard InChI is InChI=1S/C13H14BrF2NO2/c1-13(6-18,7-2-3-7)17-12(19)8-4-10(15)11(16)5-9(8)14/h4-5,7,18H,2-3,6H2,1H3,(H,17,19). The van der Waals surface area contributed by atoms with Crippen LogP contribution in [0.25, 0.3) is 0 Å². The zero-order valence-electron chi connectivity index (χ0n) is 10.3. The summed E-state index contributed by atoms with van der Waals surface area (Å²) in [4.78, 5) is 12.1. The molecule has 0 saturated heterocycles. The summed E-state index contributed by atoms with van der Waals surface area (Å²) in [5.41, 5.74) is -0.708. The van der Waals surface area contributed by atoms with Crippen molar-refractivity contribution in [3.05, 3.63) is 33.8 Å². The van der Waals surface area contributed by atoms with Crippen LogP contribution >= 0.6 is 15.9 Å². The van der Waals surface area contributed by atoms with E-state index in [-0.39, 0.29) is 22.6 Å². The summed E-state index contributed by atoms with van der Waals surface area (Å²) in [7, 11) is 0. The number of aliphatic hydroxyl groups excluding tert-OH is 1. The van der Waals surface area contributed by atoms with Crippen LogP contribution in [0.3, 0.4) is 0 Å². The Bertz CT molecular complexity index is 520. The number of hydrogen-bond donors (Lipinski definition) is 2. The first-order chi connectivity index (χ1) is 8.87. The highest BCUT2D eigenvalue weighted by Crippen LogP contribution is 2.39. The second-order valence-corrected chi connectivity index (χ2v) is 5.90. The fourth-order valence-corrected chi connectivity index (χ4v) is 2.51. The minimum absolute atomic E-state index is 0.0132. The van der Waals surface area contributed by atoms with Crippen molar-refractivity contribution in [1.29, 1.82) is 0 Å². The van der Waals surface area contributed by atoms with Gasteiger partial charge in [0, 0.05) is 4.47 Å². The molecular weight excluding hydrogens is 320 g/mol. The molecule has 0 heterocycles. The first-order valence-corrected chi connectivity index (χ1v) is 6.74. The van der Waals surface area contributed by atoms with Crippen molar-refractivity contribution in [2.75, 3.05) is 6.61 Å². The SMILES string of the molecule is CC(CO)(NC(=O)c1cc(F)c(F)cc1Br)C1CC1. The highest BCUT2D eigenvalue weighted by molar-refractivity contribution is 9.10. The van der Waals surface area contributed by atoms with Crippen molar-refractivity contribution in [3.8, 4) is 0 Å². The molecule has 0 radical (unpaired) electrons. The third kappa shape index (κ3) is 2.95. The predicted octanol–water partition coefficient (Wildman–Crippen LogP) is 2.62. The van der Waals surface area contributed by atoms with Gasteiger partial charge in [-0.2, -0.15) is 0 Å². The fraction of sp³-hybridized carbons (Fsp3) is 0.462. The number of hydrogen-bond acceptors (Lipinski definition) is 2. The lowest BCUT2D eigenvalue weighted by Crippen LogP contribution is -2.50. The van der Waals surface area contributed by atoms with Crippen LogP contribution in [0, 0.1) is 17.6 Å². The van der Waals surface area contributed by atoms with Crippen molar-refractivity contribution in [3.63, 3.8) is 0 Å². The van der Waals surface area contributed by atoms with Crippen molar-refractivity contribution in [1.82, 2.24) is 5.32 Å². The summed E-state index contributed by atoms with van der Waals surface area (Å²) in [5.74, 6) is -2.40. The molecule has 2 N–H and O–H groups in total. The summed E-state index contributed by atoms with van der Waals surface area (Å²) in [5, 5.41) is 12.1. The first kappa shape index (κ1) is 14.4. The van der Waals surface area contributed by atoms with Crippen LogP contribution in [0.15, 0.2) is 16.6 Å². The van der Waals surface area contributed by atoms with Crippen LogP contribution in [-0.2, 0) is 0 Å². The van der Waals surface area contributed by atoms with Crippen molar-refractivity contribution >= 4 is 21.8 Å². The number of nitrogens with one attached hydrogen (secondary N) is 1. The molecule has 0 aliphatic heterocycles. The second-order valence-electron chi connectivity index (χ2n) is 5.05. The molecular formula is C13H14BrF2NO2. The Hall–Kier alpha value is -1.01. The van der Waals surface area contributed by atoms with Crippen molar-refractivity contribution < 1.29 is 18.7 Å². The summed E-state index contributed by atoms with van der Waals surface area (Å²) >= 11 is 3.03. The molecule has 1 fully saturated rings. The highest BCUT2D eigenvalue weighted by atomic mass is 79.9. The Kier molecular flexibility index (Phi) is 3.92. The molecule has 1 aliphatic rings. The van der Waals surface area contributed by atoms with Gasteiger partial charge >= 0.3 is 0 Å². The molecule has 1 aliphatic carbocycles. The monoisotopic (exact) mass is 333 g/mol. The van der Waals surface area contributed by atoms with Crippen molar-refractivity contribution in [2.24, 2.45) is 5.92 Å². The quantitative estimate of drug-likeness (QED) is 0.832. The Labute approximate surface area is 118 Å². The lowest BCUT2D eigenvalue weighted by molar-refractivity contribution is 0.0823. The van der Waals surface area contributed by atoms with Crippen molar-refractivity contribution in [2.45, 2.75) is 25.3 Å². The summed E-state index contributed by atoms with van der Waals surface area (Å²) in [6.07, 6.45) is 1.88. The van der Waals surface area contributed by atoms with Crippen LogP contribution in [0.4, 0.5) is 8.78 Å². The molecule has 0 spiro atoms. The minimum atomic E-state index is -1.08. The van der Waals surface area contributed by atoms with E-state index in [4.69, 9.17) is 0 Å². The maximum atomic E-state index is 13.2. The van der Waals surface area contributed by atoms with E-state index in [1.807, 2.05) is 0 Å². The van der Waals surface area contributed by atoms with Gasteiger partial charge in [-0.1, -0.05) is 0 Å². The summed E-state index contributed by atoms with van der Waals surface area (Å²) < 4.78 is 26.3. The van der Waals surface area contributed by atoms with Gasteiger partial charge in [-0.3, -0.25) is 4.79 Å². The number of rotatable bonds is 4. The van der Waals surface area contributed by atoms with Crippen LogP contribution < -0.4 is 5.32 Å². The van der Waals surface area contributed by atoms with Gasteiger partial charge in [0.05, 0.1) is 17.7 Å². The van der Waals surface area contributed by atoms with Crippen LogP contribution in [0.5, 0.6) is 0 Å². The molecule has 1 atom stereocenters. The Morgan fingerprint density at radius 2 is 2.05 bits per heavy atom. The number of carbonyl (C=O) groups excluding carboxylic acids is 1. The van der Waals surface area contributed by atoms with E-state index in [9.17, 15) is 18.7 Å². The second kappa shape index (κ2) is 5.17. The lowest BCUT2D eigenvalue weighted by atomic mass is 9.96. The van der Waals surface area contributed by atoms with Crippen LogP contribution in [0.1, 0.15) is 30.1 Å². The molecule has 104 valence electrons. The summed E-state index contributed by atoms with van der Waals surface area (Å²) in [6.45, 7) is 1.56. The van der Waals surface area contributed by atoms with Gasteiger partial charge < -0.3 is 10.4 Å². The van der Waals surface area contributed by atoms with E-state index in [1.54, 1.807) is 6.92 Å². The number of benzene rings is 1. The number of aliphatic hydroxyl groups is 1. The zero-order chi connectivity index (χ0) is 14.2. The first-order valence-electron chi connectivity index (χ1n) is 5.95. The average molecular weight is 334 g/mol. The maximum Gasteiger partial charge on any atom is 0.253 e. The molecule has 1 aromatic carbocycles. The van der Waals surface area contributed by atoms with Gasteiger partial charge in [0.15, 0.2) is 11.6 Å². The molecule has 0 bridgehead atoms. The number of amides is 1. The Balaban J connectivity index is 2.22.